The zero-order valence-electron chi connectivity index (χ0n) is 9.91. The van der Waals surface area contributed by atoms with E-state index >= 15 is 0 Å². The van der Waals surface area contributed by atoms with Crippen LogP contribution in [0.15, 0.2) is 0 Å². The Kier molecular flexibility index (Phi) is 4.44. The molecule has 1 saturated heterocycles. The average molecular weight is 247 g/mol. The smallest absolute Gasteiger partial charge is 0.303 e. The number of ether oxygens (including phenoxy) is 2. The molecule has 0 radical (unpaired) electrons. The zero-order chi connectivity index (χ0) is 13.2. The molecule has 0 bridgehead atoms. The van der Waals surface area contributed by atoms with Gasteiger partial charge in [0.05, 0.1) is 12.1 Å². The number of hydrogen-bond donors (Lipinski definition) is 3. The van der Waals surface area contributed by atoms with Crippen LogP contribution < -0.4 is 5.32 Å². The fourth-order valence-corrected chi connectivity index (χ4v) is 1.80. The topological polar surface area (TPSA) is 105 Å². The lowest BCUT2D eigenvalue weighted by molar-refractivity contribution is -0.256. The highest BCUT2D eigenvalue weighted by molar-refractivity contribution is 5.73. The molecule has 3 N–H and O–H groups in total. The molecule has 1 fully saturated rings. The molecule has 98 valence electrons. The molecule has 0 aromatic carbocycles. The second-order valence-corrected chi connectivity index (χ2v) is 4.02. The predicted octanol–water partition coefficient (Wildman–Crippen LogP) is -1.48. The molecule has 1 aliphatic heterocycles. The van der Waals surface area contributed by atoms with Gasteiger partial charge in [-0.2, -0.15) is 0 Å². The van der Waals surface area contributed by atoms with E-state index in [-0.39, 0.29) is 0 Å². The first-order valence-electron chi connectivity index (χ1n) is 5.29. The van der Waals surface area contributed by atoms with Crippen LogP contribution in [-0.2, 0) is 19.1 Å². The van der Waals surface area contributed by atoms with Crippen molar-refractivity contribution < 1.29 is 29.3 Å². The Morgan fingerprint density at radius 1 is 1.29 bits per heavy atom. The molecular weight excluding hydrogens is 230 g/mol. The van der Waals surface area contributed by atoms with Gasteiger partial charge in [-0.05, 0) is 6.92 Å². The van der Waals surface area contributed by atoms with Crippen LogP contribution >= 0.6 is 0 Å². The van der Waals surface area contributed by atoms with Gasteiger partial charge >= 0.3 is 5.97 Å². The summed E-state index contributed by atoms with van der Waals surface area (Å²) in [6.45, 7) is 4.07. The molecule has 1 heterocycles. The van der Waals surface area contributed by atoms with E-state index in [1.54, 1.807) is 6.92 Å². The van der Waals surface area contributed by atoms with Crippen molar-refractivity contribution in [3.05, 3.63) is 0 Å². The first-order chi connectivity index (χ1) is 7.82. The van der Waals surface area contributed by atoms with E-state index in [1.807, 2.05) is 0 Å². The van der Waals surface area contributed by atoms with Gasteiger partial charge in [-0.1, -0.05) is 0 Å². The summed E-state index contributed by atoms with van der Waals surface area (Å²) in [6.07, 6.45) is -4.24. The molecule has 0 saturated carbocycles. The third kappa shape index (κ3) is 3.39. The summed E-state index contributed by atoms with van der Waals surface area (Å²) in [5.41, 5.74) is 0. The van der Waals surface area contributed by atoms with Crippen molar-refractivity contribution in [2.45, 2.75) is 51.4 Å². The number of carbonyl (C=O) groups is 2. The molecule has 0 aliphatic carbocycles. The highest BCUT2D eigenvalue weighted by atomic mass is 16.6. The third-order valence-electron chi connectivity index (χ3n) is 2.50. The fraction of sp³-hybridized carbons (Fsp3) is 0.800. The van der Waals surface area contributed by atoms with Crippen LogP contribution in [0.25, 0.3) is 0 Å². The molecule has 1 aliphatic rings. The van der Waals surface area contributed by atoms with Crippen LogP contribution in [0.1, 0.15) is 20.8 Å². The van der Waals surface area contributed by atoms with Gasteiger partial charge in [-0.3, -0.25) is 9.59 Å². The Morgan fingerprint density at radius 3 is 2.35 bits per heavy atom. The quantitative estimate of drug-likeness (QED) is 0.514. The number of nitrogens with one attached hydrogen (secondary N) is 1. The highest BCUT2D eigenvalue weighted by Gasteiger charge is 2.45. The number of aliphatic hydroxyl groups is 2. The summed E-state index contributed by atoms with van der Waals surface area (Å²) >= 11 is 0. The maximum absolute atomic E-state index is 11.0. The highest BCUT2D eigenvalue weighted by Crippen LogP contribution is 2.22. The number of carbonyl (C=O) groups excluding carboxylic acids is 2. The van der Waals surface area contributed by atoms with Crippen molar-refractivity contribution in [1.29, 1.82) is 0 Å². The van der Waals surface area contributed by atoms with Gasteiger partial charge in [-0.25, -0.2) is 0 Å². The minimum Gasteiger partial charge on any atom is -0.457 e. The number of hydrogen-bond acceptors (Lipinski definition) is 6. The maximum atomic E-state index is 11.0. The summed E-state index contributed by atoms with van der Waals surface area (Å²) in [6, 6.07) is -0.893. The van der Waals surface area contributed by atoms with E-state index in [0.717, 1.165) is 0 Å². The van der Waals surface area contributed by atoms with Crippen LogP contribution in [0.4, 0.5) is 0 Å². The fourth-order valence-electron chi connectivity index (χ4n) is 1.80. The summed E-state index contributed by atoms with van der Waals surface area (Å²) < 4.78 is 9.99. The molecule has 1 rings (SSSR count). The normalized spacial score (nSPS) is 37.4. The Morgan fingerprint density at radius 2 is 1.88 bits per heavy atom. The first-order valence-corrected chi connectivity index (χ1v) is 5.29. The number of rotatable bonds is 2. The monoisotopic (exact) mass is 247 g/mol. The van der Waals surface area contributed by atoms with Crippen LogP contribution in [0, 0.1) is 0 Å². The molecular formula is C10H17NO6. The molecule has 1 amide bonds. The van der Waals surface area contributed by atoms with E-state index in [4.69, 9.17) is 9.47 Å². The van der Waals surface area contributed by atoms with E-state index in [2.05, 4.69) is 5.32 Å². The standard InChI is InChI=1S/C10H17NO6/c1-4-9(17-6(3)13)7(11-5(2)12)8(14)10(15)16-4/h4,7-10,14-15H,1-3H3,(H,11,12)/t4-,7-,8-,9-,10-/m1/s1. The van der Waals surface area contributed by atoms with E-state index in [1.165, 1.54) is 13.8 Å². The number of amides is 1. The van der Waals surface area contributed by atoms with Crippen molar-refractivity contribution in [2.24, 2.45) is 0 Å². The molecule has 0 spiro atoms. The molecule has 7 nitrogen and oxygen atoms in total. The van der Waals surface area contributed by atoms with E-state index in [0.29, 0.717) is 0 Å². The van der Waals surface area contributed by atoms with E-state index < -0.39 is 42.5 Å². The second-order valence-electron chi connectivity index (χ2n) is 4.02. The molecule has 17 heavy (non-hydrogen) atoms. The van der Waals surface area contributed by atoms with E-state index in [9.17, 15) is 19.8 Å². The largest absolute Gasteiger partial charge is 0.457 e. The van der Waals surface area contributed by atoms with Crippen molar-refractivity contribution in [2.75, 3.05) is 0 Å². The molecule has 0 aromatic heterocycles. The summed E-state index contributed by atoms with van der Waals surface area (Å²) in [5.74, 6) is -0.947. The van der Waals surface area contributed by atoms with Gasteiger partial charge < -0.3 is 25.0 Å². The Bertz CT molecular complexity index is 307. The van der Waals surface area contributed by atoms with Crippen molar-refractivity contribution in [3.63, 3.8) is 0 Å². The second kappa shape index (κ2) is 5.44. The van der Waals surface area contributed by atoms with Crippen LogP contribution in [0.5, 0.6) is 0 Å². The predicted molar refractivity (Wildman–Crippen MR) is 55.7 cm³/mol. The minimum absolute atomic E-state index is 0.396. The lowest BCUT2D eigenvalue weighted by Gasteiger charge is -2.41. The van der Waals surface area contributed by atoms with Crippen LogP contribution in [0.3, 0.4) is 0 Å². The summed E-state index contributed by atoms with van der Waals surface area (Å²) in [4.78, 5) is 22.0. The summed E-state index contributed by atoms with van der Waals surface area (Å²) in [7, 11) is 0. The molecule has 7 heteroatoms. The van der Waals surface area contributed by atoms with Crippen molar-refractivity contribution >= 4 is 11.9 Å². The summed E-state index contributed by atoms with van der Waals surface area (Å²) in [5, 5.41) is 21.6. The maximum Gasteiger partial charge on any atom is 0.303 e. The van der Waals surface area contributed by atoms with Gasteiger partial charge in [0.15, 0.2) is 12.4 Å². The molecule has 0 unspecified atom stereocenters. The van der Waals surface area contributed by atoms with Gasteiger partial charge in [-0.15, -0.1) is 0 Å². The zero-order valence-corrected chi connectivity index (χ0v) is 9.91. The molecule has 5 atom stereocenters. The minimum atomic E-state index is -1.42. The first kappa shape index (κ1) is 13.9. The average Bonchev–Trinajstić information content (AvgIpc) is 2.19. The lowest BCUT2D eigenvalue weighted by atomic mass is 9.96. The van der Waals surface area contributed by atoms with Gasteiger partial charge in [0, 0.05) is 13.8 Å². The Labute approximate surface area is 98.7 Å². The third-order valence-corrected chi connectivity index (χ3v) is 2.50. The Hall–Kier alpha value is -1.18. The van der Waals surface area contributed by atoms with Crippen molar-refractivity contribution in [1.82, 2.24) is 5.32 Å². The number of esters is 1. The Balaban J connectivity index is 2.86. The van der Waals surface area contributed by atoms with Crippen molar-refractivity contribution in [3.8, 4) is 0 Å². The lowest BCUT2D eigenvalue weighted by Crippen LogP contribution is -2.64. The van der Waals surface area contributed by atoms with Gasteiger partial charge in [0.25, 0.3) is 0 Å². The van der Waals surface area contributed by atoms with Crippen LogP contribution in [-0.4, -0.2) is 52.7 Å². The van der Waals surface area contributed by atoms with Crippen LogP contribution in [0.2, 0.25) is 0 Å². The number of aliphatic hydroxyl groups excluding tert-OH is 2. The van der Waals surface area contributed by atoms with Gasteiger partial charge in [0.1, 0.15) is 6.10 Å². The SMILES string of the molecule is CC(=O)N[C@@H]1[C@@H](O)[C@H](O)O[C@H](C)[C@H]1OC(C)=O. The molecule has 0 aromatic rings. The van der Waals surface area contributed by atoms with Gasteiger partial charge in [0.2, 0.25) is 5.91 Å².